The van der Waals surface area contributed by atoms with E-state index in [0.29, 0.717) is 18.5 Å². The number of rotatable bonds is 6. The van der Waals surface area contributed by atoms with Crippen molar-refractivity contribution < 1.29 is 4.74 Å². The molecule has 1 aliphatic heterocycles. The molecule has 2 rings (SSSR count). The molecule has 1 aromatic rings. The molecule has 1 fully saturated rings. The summed E-state index contributed by atoms with van der Waals surface area (Å²) in [6.07, 6.45) is 2.51. The maximum absolute atomic E-state index is 5.96. The number of para-hydroxylation sites is 1. The Morgan fingerprint density at radius 3 is 3.05 bits per heavy atom. The first-order valence-corrected chi connectivity index (χ1v) is 7.64. The average Bonchev–Trinajstić information content (AvgIpc) is 2.98. The van der Waals surface area contributed by atoms with Gasteiger partial charge in [-0.25, -0.2) is 4.99 Å². The van der Waals surface area contributed by atoms with Crippen molar-refractivity contribution in [1.82, 2.24) is 10.2 Å². The van der Waals surface area contributed by atoms with Crippen LogP contribution in [-0.4, -0.2) is 43.6 Å². The molecule has 1 heterocycles. The van der Waals surface area contributed by atoms with Gasteiger partial charge < -0.3 is 15.8 Å². The summed E-state index contributed by atoms with van der Waals surface area (Å²) < 4.78 is 5.31. The number of ether oxygens (including phenoxy) is 1. The number of methoxy groups -OCH3 is 1. The summed E-state index contributed by atoms with van der Waals surface area (Å²) in [5.74, 6) is 1.35. The second-order valence-electron chi connectivity index (χ2n) is 5.32. The zero-order valence-electron chi connectivity index (χ0n) is 13.0. The van der Waals surface area contributed by atoms with Gasteiger partial charge in [-0.15, -0.1) is 0 Å². The molecule has 0 spiro atoms. The first-order valence-electron chi connectivity index (χ1n) is 7.64. The monoisotopic (exact) mass is 290 g/mol. The summed E-state index contributed by atoms with van der Waals surface area (Å²) >= 11 is 0. The van der Waals surface area contributed by atoms with E-state index in [0.717, 1.165) is 24.4 Å². The fourth-order valence-corrected chi connectivity index (χ4v) is 2.82. The molecule has 0 aliphatic carbocycles. The van der Waals surface area contributed by atoms with Crippen LogP contribution in [0.1, 0.15) is 25.3 Å². The number of likely N-dealkylation sites (tertiary alicyclic amines) is 1. The van der Waals surface area contributed by atoms with Gasteiger partial charge in [-0.2, -0.15) is 0 Å². The van der Waals surface area contributed by atoms with E-state index in [2.05, 4.69) is 22.1 Å². The molecule has 21 heavy (non-hydrogen) atoms. The molecule has 1 atom stereocenters. The third-order valence-electron chi connectivity index (χ3n) is 4.04. The summed E-state index contributed by atoms with van der Waals surface area (Å²) in [6.45, 7) is 5.91. The van der Waals surface area contributed by atoms with Crippen molar-refractivity contribution in [3.05, 3.63) is 29.8 Å². The van der Waals surface area contributed by atoms with Crippen LogP contribution in [-0.2, 0) is 6.54 Å². The lowest BCUT2D eigenvalue weighted by atomic mass is 10.2. The van der Waals surface area contributed by atoms with Gasteiger partial charge in [-0.3, -0.25) is 4.90 Å². The molecule has 5 nitrogen and oxygen atoms in total. The fourth-order valence-electron chi connectivity index (χ4n) is 2.82. The Balaban J connectivity index is 1.84. The first kappa shape index (κ1) is 15.6. The number of benzene rings is 1. The molecular weight excluding hydrogens is 264 g/mol. The molecule has 3 N–H and O–H groups in total. The Morgan fingerprint density at radius 1 is 1.48 bits per heavy atom. The minimum atomic E-state index is 0.504. The molecule has 1 aromatic carbocycles. The number of aliphatic imine (C=N–C) groups is 1. The molecule has 0 radical (unpaired) electrons. The van der Waals surface area contributed by atoms with Crippen LogP contribution in [0.3, 0.4) is 0 Å². The van der Waals surface area contributed by atoms with Gasteiger partial charge in [0, 0.05) is 18.2 Å². The fraction of sp³-hybridized carbons (Fsp3) is 0.562. The summed E-state index contributed by atoms with van der Waals surface area (Å²) in [4.78, 5) is 6.89. The van der Waals surface area contributed by atoms with Gasteiger partial charge in [0.1, 0.15) is 5.75 Å². The van der Waals surface area contributed by atoms with Crippen LogP contribution < -0.4 is 15.8 Å². The van der Waals surface area contributed by atoms with E-state index in [1.165, 1.54) is 19.4 Å². The van der Waals surface area contributed by atoms with E-state index in [1.807, 2.05) is 24.3 Å². The minimum Gasteiger partial charge on any atom is -0.496 e. The van der Waals surface area contributed by atoms with Gasteiger partial charge in [-0.05, 0) is 32.0 Å². The van der Waals surface area contributed by atoms with E-state index >= 15 is 0 Å². The molecule has 0 saturated carbocycles. The van der Waals surface area contributed by atoms with E-state index in [4.69, 9.17) is 10.5 Å². The van der Waals surface area contributed by atoms with Crippen molar-refractivity contribution in [3.63, 3.8) is 0 Å². The lowest BCUT2D eigenvalue weighted by molar-refractivity contribution is 0.267. The Hall–Kier alpha value is -1.75. The largest absolute Gasteiger partial charge is 0.496 e. The molecule has 116 valence electrons. The van der Waals surface area contributed by atoms with Crippen LogP contribution in [0, 0.1) is 0 Å². The highest BCUT2D eigenvalue weighted by atomic mass is 16.5. The number of guanidine groups is 1. The van der Waals surface area contributed by atoms with Gasteiger partial charge in [0.25, 0.3) is 0 Å². The van der Waals surface area contributed by atoms with Gasteiger partial charge in [-0.1, -0.05) is 25.1 Å². The summed E-state index contributed by atoms with van der Waals surface area (Å²) in [6, 6.07) is 8.45. The third-order valence-corrected chi connectivity index (χ3v) is 4.04. The summed E-state index contributed by atoms with van der Waals surface area (Å²) in [5.41, 5.74) is 7.00. The van der Waals surface area contributed by atoms with Gasteiger partial charge in [0.2, 0.25) is 0 Å². The quantitative estimate of drug-likeness (QED) is 0.617. The zero-order chi connectivity index (χ0) is 15.1. The second-order valence-corrected chi connectivity index (χ2v) is 5.32. The highest BCUT2D eigenvalue weighted by molar-refractivity contribution is 5.77. The van der Waals surface area contributed by atoms with Crippen molar-refractivity contribution in [2.24, 2.45) is 10.7 Å². The molecule has 0 aromatic heterocycles. The normalized spacial score (nSPS) is 19.7. The van der Waals surface area contributed by atoms with E-state index < -0.39 is 0 Å². The molecule has 5 heteroatoms. The van der Waals surface area contributed by atoms with Crippen LogP contribution in [0.15, 0.2) is 29.3 Å². The predicted molar refractivity (Wildman–Crippen MR) is 86.6 cm³/mol. The van der Waals surface area contributed by atoms with E-state index in [-0.39, 0.29) is 0 Å². The second kappa shape index (κ2) is 7.88. The van der Waals surface area contributed by atoms with Crippen LogP contribution >= 0.6 is 0 Å². The van der Waals surface area contributed by atoms with Crippen LogP contribution in [0.5, 0.6) is 5.75 Å². The predicted octanol–water partition coefficient (Wildman–Crippen LogP) is 1.58. The van der Waals surface area contributed by atoms with Gasteiger partial charge >= 0.3 is 0 Å². The SMILES string of the molecule is CCN1CCC[C@@H]1CNC(N)=NCc1ccccc1OC. The van der Waals surface area contributed by atoms with Crippen molar-refractivity contribution in [3.8, 4) is 5.75 Å². The van der Waals surface area contributed by atoms with Crippen LogP contribution in [0.25, 0.3) is 0 Å². The lowest BCUT2D eigenvalue weighted by Gasteiger charge is -2.23. The summed E-state index contributed by atoms with van der Waals surface area (Å²) in [5, 5.41) is 3.24. The Kier molecular flexibility index (Phi) is 5.87. The zero-order valence-corrected chi connectivity index (χ0v) is 13.0. The molecule has 1 saturated heterocycles. The maximum Gasteiger partial charge on any atom is 0.188 e. The first-order chi connectivity index (χ1) is 10.2. The van der Waals surface area contributed by atoms with Gasteiger partial charge in [0.15, 0.2) is 5.96 Å². The number of nitrogens with one attached hydrogen (secondary N) is 1. The van der Waals surface area contributed by atoms with Crippen molar-refractivity contribution in [2.75, 3.05) is 26.7 Å². The number of hydrogen-bond donors (Lipinski definition) is 2. The average molecular weight is 290 g/mol. The van der Waals surface area contributed by atoms with E-state index in [1.54, 1.807) is 7.11 Å². The highest BCUT2D eigenvalue weighted by Gasteiger charge is 2.22. The van der Waals surface area contributed by atoms with Gasteiger partial charge in [0.05, 0.1) is 13.7 Å². The van der Waals surface area contributed by atoms with E-state index in [9.17, 15) is 0 Å². The topological polar surface area (TPSA) is 62.9 Å². The summed E-state index contributed by atoms with van der Waals surface area (Å²) in [7, 11) is 1.67. The van der Waals surface area contributed by atoms with Crippen molar-refractivity contribution in [1.29, 1.82) is 0 Å². The molecular formula is C16H26N4O. The standard InChI is InChI=1S/C16H26N4O/c1-3-20-10-6-8-14(20)12-19-16(17)18-11-13-7-4-5-9-15(13)21-2/h4-5,7,9,14H,3,6,8,10-12H2,1-2H3,(H3,17,18,19)/t14-/m1/s1. The lowest BCUT2D eigenvalue weighted by Crippen LogP contribution is -2.42. The number of likely N-dealkylation sites (N-methyl/N-ethyl adjacent to an activating group) is 1. The molecule has 0 unspecified atom stereocenters. The Morgan fingerprint density at radius 2 is 2.29 bits per heavy atom. The Labute approximate surface area is 127 Å². The Bertz CT molecular complexity index is 475. The third kappa shape index (κ3) is 4.36. The number of nitrogens with zero attached hydrogens (tertiary/aromatic N) is 2. The highest BCUT2D eigenvalue weighted by Crippen LogP contribution is 2.18. The molecule has 1 aliphatic rings. The van der Waals surface area contributed by atoms with Crippen molar-refractivity contribution >= 4 is 5.96 Å². The van der Waals surface area contributed by atoms with Crippen LogP contribution in [0.2, 0.25) is 0 Å². The molecule has 0 amide bonds. The van der Waals surface area contributed by atoms with Crippen LogP contribution in [0.4, 0.5) is 0 Å². The number of nitrogens with two attached hydrogens (primary N) is 1. The minimum absolute atomic E-state index is 0.504. The maximum atomic E-state index is 5.96. The van der Waals surface area contributed by atoms with Crippen molar-refractivity contribution in [2.45, 2.75) is 32.4 Å². The molecule has 0 bridgehead atoms. The smallest absolute Gasteiger partial charge is 0.188 e. The number of hydrogen-bond acceptors (Lipinski definition) is 3.